The maximum Gasteiger partial charge on any atom is 0.328 e. The van der Waals surface area contributed by atoms with Crippen molar-refractivity contribution in [2.45, 2.75) is 0 Å². The first-order valence-corrected chi connectivity index (χ1v) is 11.3. The lowest BCUT2D eigenvalue weighted by Crippen LogP contribution is -2.51. The zero-order chi connectivity index (χ0) is 24.9. The molecule has 4 amide bonds. The van der Waals surface area contributed by atoms with Crippen LogP contribution in [0.5, 0.6) is 0 Å². The minimum Gasteiger partial charge on any atom is -0.294 e. The van der Waals surface area contributed by atoms with Crippen molar-refractivity contribution in [3.05, 3.63) is 133 Å². The largest absolute Gasteiger partial charge is 0.328 e. The number of carbonyl (C=O) groups is 3. The highest BCUT2D eigenvalue weighted by Gasteiger charge is 2.32. The Morgan fingerprint density at radius 3 is 1.47 bits per heavy atom. The van der Waals surface area contributed by atoms with Crippen LogP contribution in [0.25, 0.3) is 0 Å². The zero-order valence-corrected chi connectivity index (χ0v) is 19.2. The molecule has 0 aromatic heterocycles. The topological polar surface area (TPSA) is 81.8 Å². The fraction of sp³-hybridized carbons (Fsp3) is 0. The third kappa shape index (κ3) is 4.45. The van der Waals surface area contributed by atoms with Crippen molar-refractivity contribution in [2.24, 2.45) is 0 Å². The van der Waals surface area contributed by atoms with Gasteiger partial charge in [-0.05, 0) is 48.6 Å². The van der Waals surface area contributed by atoms with E-state index in [1.807, 2.05) is 77.4 Å². The van der Waals surface area contributed by atoms with Crippen LogP contribution in [-0.2, 0) is 9.59 Å². The van der Waals surface area contributed by atoms with Gasteiger partial charge in [0.1, 0.15) is 11.4 Å². The number of urea groups is 1. The van der Waals surface area contributed by atoms with Gasteiger partial charge in [0.25, 0.3) is 11.8 Å². The summed E-state index contributed by atoms with van der Waals surface area (Å²) in [6, 6.07) is 27.7. The Balaban J connectivity index is 1.48. The van der Waals surface area contributed by atoms with E-state index in [0.717, 1.165) is 28.6 Å². The maximum atomic E-state index is 11.8. The summed E-state index contributed by atoms with van der Waals surface area (Å²) in [5.74, 6) is -0.499. The van der Waals surface area contributed by atoms with Gasteiger partial charge in [-0.25, -0.2) is 4.79 Å². The summed E-state index contributed by atoms with van der Waals surface area (Å²) in [6.45, 7) is 0. The Labute approximate surface area is 208 Å². The monoisotopic (exact) mass is 474 g/mol. The second-order valence-electron chi connectivity index (χ2n) is 7.94. The average molecular weight is 475 g/mol. The first kappa shape index (κ1) is 22.6. The fourth-order valence-corrected chi connectivity index (χ4v) is 4.08. The van der Waals surface area contributed by atoms with E-state index in [-0.39, 0.29) is 5.57 Å². The number of allylic oxidation sites excluding steroid dienone is 6. The molecule has 2 heterocycles. The van der Waals surface area contributed by atoms with Crippen molar-refractivity contribution < 1.29 is 14.4 Å². The Hall–Kier alpha value is -5.17. The van der Waals surface area contributed by atoms with Gasteiger partial charge < -0.3 is 0 Å². The Kier molecular flexibility index (Phi) is 6.27. The number of amides is 4. The normalized spacial score (nSPS) is 15.4. The number of anilines is 4. The summed E-state index contributed by atoms with van der Waals surface area (Å²) in [5.41, 5.74) is 4.07. The molecule has 36 heavy (non-hydrogen) atoms. The Morgan fingerprint density at radius 2 is 0.972 bits per heavy atom. The predicted octanol–water partition coefficient (Wildman–Crippen LogP) is 5.22. The lowest BCUT2D eigenvalue weighted by atomic mass is 10.2. The molecule has 1 saturated heterocycles. The number of hydrogen-bond donors (Lipinski definition) is 2. The molecule has 5 rings (SSSR count). The molecule has 0 saturated carbocycles. The molecule has 0 spiro atoms. The van der Waals surface area contributed by atoms with Gasteiger partial charge in [0.2, 0.25) is 0 Å². The molecule has 176 valence electrons. The van der Waals surface area contributed by atoms with Gasteiger partial charge in [-0.3, -0.25) is 30.0 Å². The molecule has 3 aromatic carbocycles. The number of fused-ring (bicyclic) bond motifs is 1. The highest BCUT2D eigenvalue weighted by Crippen LogP contribution is 2.49. The molecule has 1 fully saturated rings. The Morgan fingerprint density at radius 1 is 0.528 bits per heavy atom. The number of barbiturate groups is 1. The third-order valence-corrected chi connectivity index (χ3v) is 5.64. The summed E-state index contributed by atoms with van der Waals surface area (Å²) in [6.07, 6.45) is 10.4. The first-order chi connectivity index (χ1) is 17.6. The molecule has 0 bridgehead atoms. The maximum absolute atomic E-state index is 11.8. The van der Waals surface area contributed by atoms with E-state index < -0.39 is 17.8 Å². The second kappa shape index (κ2) is 9.99. The van der Waals surface area contributed by atoms with Gasteiger partial charge in [-0.1, -0.05) is 72.8 Å². The van der Waals surface area contributed by atoms with Gasteiger partial charge in [-0.15, -0.1) is 0 Å². The van der Waals surface area contributed by atoms with Crippen molar-refractivity contribution in [2.75, 3.05) is 9.80 Å². The van der Waals surface area contributed by atoms with E-state index >= 15 is 0 Å². The summed E-state index contributed by atoms with van der Waals surface area (Å²) < 4.78 is 0. The Bertz CT molecular complexity index is 1350. The predicted molar refractivity (Wildman–Crippen MR) is 140 cm³/mol. The molecule has 2 aliphatic rings. The van der Waals surface area contributed by atoms with Crippen LogP contribution in [0.1, 0.15) is 0 Å². The van der Waals surface area contributed by atoms with Crippen LogP contribution in [0.4, 0.5) is 27.5 Å². The average Bonchev–Trinajstić information content (AvgIpc) is 3.22. The smallest absolute Gasteiger partial charge is 0.294 e. The summed E-state index contributed by atoms with van der Waals surface area (Å²) >= 11 is 0. The van der Waals surface area contributed by atoms with Gasteiger partial charge >= 0.3 is 6.03 Å². The van der Waals surface area contributed by atoms with Crippen molar-refractivity contribution in [1.29, 1.82) is 0 Å². The number of carbonyl (C=O) groups excluding carboxylic acids is 3. The number of rotatable bonds is 5. The zero-order valence-electron chi connectivity index (χ0n) is 19.2. The number of benzene rings is 3. The van der Waals surface area contributed by atoms with E-state index in [4.69, 9.17) is 0 Å². The summed E-state index contributed by atoms with van der Waals surface area (Å²) in [5, 5.41) is 4.10. The van der Waals surface area contributed by atoms with Crippen molar-refractivity contribution in [3.63, 3.8) is 0 Å². The standard InChI is InChI=1S/C29H22N4O3/c34-27-23(28(35)31-29(36)30-27)17-9-1-2-10-20-26-32(21-13-5-3-6-14-21)24-18-11-12-19-25(24)33(26)22-15-7-4-8-16-22/h1-20H,(H2,30,31,34,35,36)/b9-1+,10-2+. The number of nitrogens with zero attached hydrogens (tertiary/aromatic N) is 2. The fourth-order valence-electron chi connectivity index (χ4n) is 4.08. The molecule has 3 aromatic rings. The van der Waals surface area contributed by atoms with Gasteiger partial charge in [0.05, 0.1) is 11.4 Å². The van der Waals surface area contributed by atoms with Gasteiger partial charge in [0.15, 0.2) is 0 Å². The van der Waals surface area contributed by atoms with Crippen molar-refractivity contribution in [1.82, 2.24) is 10.6 Å². The molecule has 0 aliphatic carbocycles. The van der Waals surface area contributed by atoms with Crippen LogP contribution < -0.4 is 20.4 Å². The van der Waals surface area contributed by atoms with E-state index in [1.165, 1.54) is 6.08 Å². The lowest BCUT2D eigenvalue weighted by Gasteiger charge is -2.25. The van der Waals surface area contributed by atoms with Crippen molar-refractivity contribution >= 4 is 40.6 Å². The molecular formula is C29H22N4O3. The van der Waals surface area contributed by atoms with Crippen LogP contribution in [0.15, 0.2) is 133 Å². The van der Waals surface area contributed by atoms with Crippen LogP contribution in [0.2, 0.25) is 0 Å². The first-order valence-electron chi connectivity index (χ1n) is 11.3. The third-order valence-electron chi connectivity index (χ3n) is 5.64. The van der Waals surface area contributed by atoms with Gasteiger partial charge in [-0.2, -0.15) is 0 Å². The molecule has 7 nitrogen and oxygen atoms in total. The minimum atomic E-state index is -0.818. The number of nitrogens with one attached hydrogen (secondary N) is 2. The molecule has 0 unspecified atom stereocenters. The molecule has 2 N–H and O–H groups in total. The molecule has 2 aliphatic heterocycles. The van der Waals surface area contributed by atoms with E-state index in [0.29, 0.717) is 0 Å². The van der Waals surface area contributed by atoms with Crippen molar-refractivity contribution in [3.8, 4) is 0 Å². The van der Waals surface area contributed by atoms with Crippen LogP contribution in [0, 0.1) is 0 Å². The highest BCUT2D eigenvalue weighted by molar-refractivity contribution is 6.29. The molecule has 0 atom stereocenters. The van der Waals surface area contributed by atoms with Crippen LogP contribution >= 0.6 is 0 Å². The molecule has 7 heteroatoms. The van der Waals surface area contributed by atoms with Gasteiger partial charge in [0, 0.05) is 11.4 Å². The van der Waals surface area contributed by atoms with E-state index in [9.17, 15) is 14.4 Å². The number of para-hydroxylation sites is 4. The van der Waals surface area contributed by atoms with Crippen LogP contribution in [0.3, 0.4) is 0 Å². The SMILES string of the molecule is O=C1NC(=O)C(=C/C=C/C=C/C=C2N(c3ccccc3)c3ccccc3N2c2ccccc2)C(=O)N1. The summed E-state index contributed by atoms with van der Waals surface area (Å²) in [4.78, 5) is 39.2. The lowest BCUT2D eigenvalue weighted by molar-refractivity contribution is -0.124. The second-order valence-corrected chi connectivity index (χ2v) is 7.94. The number of imide groups is 2. The van der Waals surface area contributed by atoms with E-state index in [2.05, 4.69) is 46.2 Å². The summed E-state index contributed by atoms with van der Waals surface area (Å²) in [7, 11) is 0. The van der Waals surface area contributed by atoms with Crippen LogP contribution in [-0.4, -0.2) is 17.8 Å². The molecule has 0 radical (unpaired) electrons. The molecular weight excluding hydrogens is 452 g/mol. The quantitative estimate of drug-likeness (QED) is 0.301. The number of hydrogen-bond acceptors (Lipinski definition) is 5. The van der Waals surface area contributed by atoms with E-state index in [1.54, 1.807) is 12.2 Å². The minimum absolute atomic E-state index is 0.130. The highest BCUT2D eigenvalue weighted by atomic mass is 16.2.